The molecule has 8 heteroatoms. The third-order valence-corrected chi connectivity index (χ3v) is 4.57. The number of aryl methyl sites for hydroxylation is 2. The van der Waals surface area contributed by atoms with Crippen molar-refractivity contribution < 1.29 is 18.8 Å². The molecule has 1 amide bonds. The molecule has 0 saturated heterocycles. The molecule has 0 aliphatic carbocycles. The van der Waals surface area contributed by atoms with Gasteiger partial charge in [-0.05, 0) is 13.8 Å². The number of carbonyl (C=O) groups is 2. The molecule has 25 heavy (non-hydrogen) atoms. The van der Waals surface area contributed by atoms with Gasteiger partial charge in [0.2, 0.25) is 0 Å². The van der Waals surface area contributed by atoms with Crippen LogP contribution in [0.25, 0.3) is 11.3 Å². The molecule has 0 aliphatic heterocycles. The van der Waals surface area contributed by atoms with Crippen LogP contribution in [0.5, 0.6) is 0 Å². The average Bonchev–Trinajstić information content (AvgIpc) is 3.17. The highest BCUT2D eigenvalue weighted by Crippen LogP contribution is 2.28. The van der Waals surface area contributed by atoms with Crippen molar-refractivity contribution in [3.05, 3.63) is 52.2 Å². The molecule has 2 heterocycles. The van der Waals surface area contributed by atoms with Crippen molar-refractivity contribution in [2.75, 3.05) is 12.4 Å². The molecule has 3 rings (SSSR count). The van der Waals surface area contributed by atoms with Crippen molar-refractivity contribution in [2.24, 2.45) is 0 Å². The fraction of sp³-hybridized carbons (Fsp3) is 0.176. The van der Waals surface area contributed by atoms with Crippen molar-refractivity contribution in [3.8, 4) is 11.3 Å². The topological polar surface area (TPSA) is 94.3 Å². The van der Waals surface area contributed by atoms with Gasteiger partial charge >= 0.3 is 5.97 Å². The molecule has 0 radical (unpaired) electrons. The summed E-state index contributed by atoms with van der Waals surface area (Å²) >= 11 is 1.06. The van der Waals surface area contributed by atoms with Gasteiger partial charge in [-0.25, -0.2) is 9.78 Å². The van der Waals surface area contributed by atoms with E-state index in [4.69, 9.17) is 9.26 Å². The molecular weight excluding hydrogens is 342 g/mol. The molecule has 1 N–H and O–H groups in total. The van der Waals surface area contributed by atoms with Crippen LogP contribution in [-0.4, -0.2) is 29.1 Å². The number of nitrogens with one attached hydrogen (secondary N) is 1. The quantitative estimate of drug-likeness (QED) is 0.719. The van der Waals surface area contributed by atoms with Crippen LogP contribution >= 0.6 is 11.3 Å². The molecule has 7 nitrogen and oxygen atoms in total. The summed E-state index contributed by atoms with van der Waals surface area (Å²) in [5.41, 5.74) is 2.05. The second kappa shape index (κ2) is 6.86. The predicted molar refractivity (Wildman–Crippen MR) is 92.8 cm³/mol. The molecule has 0 unspecified atom stereocenters. The van der Waals surface area contributed by atoms with Gasteiger partial charge in [0.1, 0.15) is 10.4 Å². The Hall–Kier alpha value is -3.00. The third-order valence-electron chi connectivity index (χ3n) is 3.51. The van der Waals surface area contributed by atoms with E-state index in [1.54, 1.807) is 13.8 Å². The molecule has 1 aromatic carbocycles. The van der Waals surface area contributed by atoms with Crippen molar-refractivity contribution in [2.45, 2.75) is 13.8 Å². The highest BCUT2D eigenvalue weighted by Gasteiger charge is 2.24. The maximum Gasteiger partial charge on any atom is 0.350 e. The maximum atomic E-state index is 12.7. The second-order valence-electron chi connectivity index (χ2n) is 5.22. The first kappa shape index (κ1) is 16.8. The van der Waals surface area contributed by atoms with E-state index in [0.29, 0.717) is 32.7 Å². The van der Waals surface area contributed by atoms with Crippen molar-refractivity contribution in [1.29, 1.82) is 0 Å². The highest BCUT2D eigenvalue weighted by molar-refractivity contribution is 7.17. The Morgan fingerprint density at radius 1 is 1.16 bits per heavy atom. The molecule has 0 fully saturated rings. The van der Waals surface area contributed by atoms with E-state index in [1.165, 1.54) is 7.11 Å². The molecular formula is C17H15N3O4S. The van der Waals surface area contributed by atoms with Gasteiger partial charge in [0.25, 0.3) is 5.91 Å². The zero-order valence-corrected chi connectivity index (χ0v) is 14.6. The Morgan fingerprint density at radius 3 is 2.56 bits per heavy atom. The van der Waals surface area contributed by atoms with Crippen LogP contribution in [0.3, 0.4) is 0 Å². The van der Waals surface area contributed by atoms with Gasteiger partial charge < -0.3 is 9.26 Å². The molecule has 0 atom stereocenters. The fourth-order valence-electron chi connectivity index (χ4n) is 2.32. The molecule has 0 spiro atoms. The van der Waals surface area contributed by atoms with E-state index >= 15 is 0 Å². The van der Waals surface area contributed by atoms with Crippen LogP contribution in [0.1, 0.15) is 31.4 Å². The predicted octanol–water partition coefficient (Wildman–Crippen LogP) is 3.45. The summed E-state index contributed by atoms with van der Waals surface area (Å²) in [5.74, 6) is -0.499. The number of hydrogen-bond acceptors (Lipinski definition) is 7. The van der Waals surface area contributed by atoms with E-state index in [9.17, 15) is 9.59 Å². The second-order valence-corrected chi connectivity index (χ2v) is 6.22. The van der Waals surface area contributed by atoms with Gasteiger partial charge in [-0.3, -0.25) is 10.1 Å². The van der Waals surface area contributed by atoms with Gasteiger partial charge in [-0.2, -0.15) is 0 Å². The number of carbonyl (C=O) groups excluding carboxylic acids is 2. The number of esters is 1. The first-order valence-electron chi connectivity index (χ1n) is 7.40. The van der Waals surface area contributed by atoms with Gasteiger partial charge in [0.05, 0.1) is 18.5 Å². The Labute approximate surface area is 147 Å². The lowest BCUT2D eigenvalue weighted by atomic mass is 10.1. The lowest BCUT2D eigenvalue weighted by molar-refractivity contribution is 0.0605. The van der Waals surface area contributed by atoms with Crippen LogP contribution < -0.4 is 5.32 Å². The summed E-state index contributed by atoms with van der Waals surface area (Å²) in [7, 11) is 1.30. The first-order valence-corrected chi connectivity index (χ1v) is 8.21. The molecule has 128 valence electrons. The number of rotatable bonds is 4. The molecule has 2 aromatic heterocycles. The van der Waals surface area contributed by atoms with Crippen LogP contribution in [0.4, 0.5) is 5.13 Å². The van der Waals surface area contributed by atoms with E-state index in [1.807, 2.05) is 30.3 Å². The zero-order valence-electron chi connectivity index (χ0n) is 13.8. The summed E-state index contributed by atoms with van der Waals surface area (Å²) in [6.45, 7) is 3.37. The number of ether oxygens (including phenoxy) is 1. The van der Waals surface area contributed by atoms with Crippen LogP contribution in [0.2, 0.25) is 0 Å². The minimum Gasteiger partial charge on any atom is -0.465 e. The van der Waals surface area contributed by atoms with Gasteiger partial charge in [0.15, 0.2) is 10.9 Å². The summed E-state index contributed by atoms with van der Waals surface area (Å²) < 4.78 is 10.0. The molecule has 0 bridgehead atoms. The number of benzene rings is 1. The number of nitrogens with zero attached hydrogens (tertiary/aromatic N) is 2. The summed E-state index contributed by atoms with van der Waals surface area (Å²) in [6.07, 6.45) is 0. The van der Waals surface area contributed by atoms with Crippen LogP contribution in [-0.2, 0) is 4.74 Å². The number of thiazole rings is 1. The SMILES string of the molecule is COC(=O)c1sc(NC(=O)c2c(C)noc2-c2ccccc2)nc1C. The summed E-state index contributed by atoms with van der Waals surface area (Å²) in [5, 5.41) is 6.90. The number of anilines is 1. The highest BCUT2D eigenvalue weighted by atomic mass is 32.1. The Bertz CT molecular complexity index is 931. The Kier molecular flexibility index (Phi) is 4.62. The van der Waals surface area contributed by atoms with Crippen molar-refractivity contribution in [3.63, 3.8) is 0 Å². The maximum absolute atomic E-state index is 12.7. The van der Waals surface area contributed by atoms with Gasteiger partial charge in [-0.1, -0.05) is 46.8 Å². The van der Waals surface area contributed by atoms with Crippen molar-refractivity contribution >= 4 is 28.3 Å². The van der Waals surface area contributed by atoms with E-state index in [0.717, 1.165) is 16.9 Å². The minimum absolute atomic E-state index is 0.308. The molecule has 3 aromatic rings. The first-order chi connectivity index (χ1) is 12.0. The third kappa shape index (κ3) is 3.29. The monoisotopic (exact) mass is 357 g/mol. The zero-order chi connectivity index (χ0) is 18.0. The normalized spacial score (nSPS) is 10.5. The van der Waals surface area contributed by atoms with E-state index in [2.05, 4.69) is 15.5 Å². The molecule has 0 aliphatic rings. The average molecular weight is 357 g/mol. The minimum atomic E-state index is -0.485. The summed E-state index contributed by atoms with van der Waals surface area (Å²) in [4.78, 5) is 28.9. The number of hydrogen-bond donors (Lipinski definition) is 1. The lowest BCUT2D eigenvalue weighted by Gasteiger charge is -2.02. The van der Waals surface area contributed by atoms with Gasteiger partial charge in [0, 0.05) is 5.56 Å². The number of aromatic nitrogens is 2. The lowest BCUT2D eigenvalue weighted by Crippen LogP contribution is -2.13. The summed E-state index contributed by atoms with van der Waals surface area (Å²) in [6, 6.07) is 9.24. The van der Waals surface area contributed by atoms with Crippen molar-refractivity contribution in [1.82, 2.24) is 10.1 Å². The number of amides is 1. The number of methoxy groups -OCH3 is 1. The van der Waals surface area contributed by atoms with Crippen LogP contribution in [0, 0.1) is 13.8 Å². The van der Waals surface area contributed by atoms with Gasteiger partial charge in [-0.15, -0.1) is 0 Å². The smallest absolute Gasteiger partial charge is 0.350 e. The Morgan fingerprint density at radius 2 is 1.88 bits per heavy atom. The standard InChI is InChI=1S/C17H15N3O4S/c1-9-12(13(24-20-9)11-7-5-4-6-8-11)15(21)19-17-18-10(2)14(25-17)16(22)23-3/h4-8H,1-3H3,(H,18,19,21). The van der Waals surface area contributed by atoms with Crippen LogP contribution in [0.15, 0.2) is 34.9 Å². The molecule has 0 saturated carbocycles. The van der Waals surface area contributed by atoms with E-state index < -0.39 is 11.9 Å². The fourth-order valence-corrected chi connectivity index (χ4v) is 3.19. The van der Waals surface area contributed by atoms with E-state index in [-0.39, 0.29) is 0 Å². The largest absolute Gasteiger partial charge is 0.465 e. The Balaban J connectivity index is 1.90.